The largest absolute Gasteiger partial charge is 0.366 e. The maximum absolute atomic E-state index is 5.39. The molecule has 56 valence electrons. The molecule has 0 spiro atoms. The van der Waals surface area contributed by atoms with E-state index < -0.39 is 0 Å². The number of halogens is 1. The van der Waals surface area contributed by atoms with Crippen LogP contribution >= 0.6 is 11.6 Å². The first kappa shape index (κ1) is 7.91. The summed E-state index contributed by atoms with van der Waals surface area (Å²) in [6.45, 7) is 0.863. The molecule has 0 amide bonds. The maximum Gasteiger partial charge on any atom is 0.118 e. The van der Waals surface area contributed by atoms with Gasteiger partial charge >= 0.3 is 0 Å². The van der Waals surface area contributed by atoms with Crippen LogP contribution in [0.2, 0.25) is 0 Å². The Morgan fingerprint density at radius 1 is 1.50 bits per heavy atom. The van der Waals surface area contributed by atoms with Crippen LogP contribution in [0.3, 0.4) is 0 Å². The summed E-state index contributed by atoms with van der Waals surface area (Å²) in [5.74, 6) is 6.19. The molecule has 1 aliphatic heterocycles. The van der Waals surface area contributed by atoms with Crippen LogP contribution in [0.15, 0.2) is 0 Å². The molecular formula is C8H11ClO. The quantitative estimate of drug-likeness (QED) is 0.386. The standard InChI is InChI=1S/C8H11ClO/c9-6-3-5-8-4-1-2-7-10-8/h8H,1-2,4,6-7H2. The van der Waals surface area contributed by atoms with E-state index in [1.165, 1.54) is 12.8 Å². The highest BCUT2D eigenvalue weighted by atomic mass is 35.5. The van der Waals surface area contributed by atoms with Gasteiger partial charge in [0.25, 0.3) is 0 Å². The van der Waals surface area contributed by atoms with E-state index in [9.17, 15) is 0 Å². The van der Waals surface area contributed by atoms with Gasteiger partial charge in [0.15, 0.2) is 0 Å². The fourth-order valence-electron chi connectivity index (χ4n) is 1.01. The monoisotopic (exact) mass is 158 g/mol. The predicted molar refractivity (Wildman–Crippen MR) is 42.1 cm³/mol. The normalized spacial score (nSPS) is 25.1. The second-order valence-electron chi connectivity index (χ2n) is 2.31. The summed E-state index contributed by atoms with van der Waals surface area (Å²) in [5.41, 5.74) is 0. The summed E-state index contributed by atoms with van der Waals surface area (Å²) < 4.78 is 5.35. The first-order valence-corrected chi connectivity index (χ1v) is 4.13. The molecule has 1 saturated heterocycles. The van der Waals surface area contributed by atoms with Crippen molar-refractivity contribution in [1.29, 1.82) is 0 Å². The van der Waals surface area contributed by atoms with E-state index in [-0.39, 0.29) is 6.10 Å². The lowest BCUT2D eigenvalue weighted by Gasteiger charge is -2.16. The minimum atomic E-state index is 0.160. The number of ether oxygens (including phenoxy) is 1. The van der Waals surface area contributed by atoms with Gasteiger partial charge < -0.3 is 4.74 Å². The van der Waals surface area contributed by atoms with E-state index >= 15 is 0 Å². The van der Waals surface area contributed by atoms with Crippen LogP contribution in [0.5, 0.6) is 0 Å². The molecule has 2 heteroatoms. The molecule has 1 aliphatic rings. The van der Waals surface area contributed by atoms with Crippen molar-refractivity contribution in [2.75, 3.05) is 12.5 Å². The molecule has 0 aromatic rings. The van der Waals surface area contributed by atoms with Crippen molar-refractivity contribution in [3.05, 3.63) is 0 Å². The molecule has 1 fully saturated rings. The number of hydrogen-bond donors (Lipinski definition) is 0. The van der Waals surface area contributed by atoms with Gasteiger partial charge in [0.2, 0.25) is 0 Å². The van der Waals surface area contributed by atoms with Crippen molar-refractivity contribution < 1.29 is 4.74 Å². The Labute approximate surface area is 66.7 Å². The molecule has 0 radical (unpaired) electrons. The summed E-state index contributed by atoms with van der Waals surface area (Å²) in [7, 11) is 0. The summed E-state index contributed by atoms with van der Waals surface area (Å²) in [6.07, 6.45) is 3.65. The molecule has 1 nitrogen and oxygen atoms in total. The zero-order valence-corrected chi connectivity index (χ0v) is 6.66. The lowest BCUT2D eigenvalue weighted by molar-refractivity contribution is 0.0525. The average molecular weight is 159 g/mol. The van der Waals surface area contributed by atoms with Gasteiger partial charge in [0, 0.05) is 6.61 Å². The van der Waals surface area contributed by atoms with Gasteiger partial charge in [-0.3, -0.25) is 0 Å². The number of hydrogen-bond acceptors (Lipinski definition) is 1. The Morgan fingerprint density at radius 2 is 2.40 bits per heavy atom. The van der Waals surface area contributed by atoms with E-state index in [0.29, 0.717) is 5.88 Å². The highest BCUT2D eigenvalue weighted by Gasteiger charge is 2.09. The Kier molecular flexibility index (Phi) is 3.64. The van der Waals surface area contributed by atoms with Gasteiger partial charge in [0.1, 0.15) is 6.10 Å². The molecule has 0 N–H and O–H groups in total. The van der Waals surface area contributed by atoms with E-state index in [2.05, 4.69) is 11.8 Å². The second-order valence-corrected chi connectivity index (χ2v) is 2.58. The van der Waals surface area contributed by atoms with Crippen molar-refractivity contribution in [2.24, 2.45) is 0 Å². The maximum atomic E-state index is 5.39. The van der Waals surface area contributed by atoms with Gasteiger partial charge in [-0.15, -0.1) is 11.6 Å². The van der Waals surface area contributed by atoms with Crippen LogP contribution in [0.1, 0.15) is 19.3 Å². The molecule has 0 aromatic heterocycles. The number of rotatable bonds is 0. The summed E-state index contributed by atoms with van der Waals surface area (Å²) in [6, 6.07) is 0. The van der Waals surface area contributed by atoms with E-state index in [1.54, 1.807) is 0 Å². The zero-order valence-electron chi connectivity index (χ0n) is 5.90. The predicted octanol–water partition coefficient (Wildman–Crippen LogP) is 1.80. The lowest BCUT2D eigenvalue weighted by Crippen LogP contribution is -2.16. The second kappa shape index (κ2) is 4.60. The fourth-order valence-corrected chi connectivity index (χ4v) is 1.08. The molecule has 10 heavy (non-hydrogen) atoms. The van der Waals surface area contributed by atoms with E-state index in [1.807, 2.05) is 0 Å². The minimum absolute atomic E-state index is 0.160. The Hall–Kier alpha value is -0.190. The van der Waals surface area contributed by atoms with Crippen LogP contribution in [-0.4, -0.2) is 18.6 Å². The van der Waals surface area contributed by atoms with Gasteiger partial charge in [-0.05, 0) is 19.3 Å². The molecular weight excluding hydrogens is 148 g/mol. The number of alkyl halides is 1. The highest BCUT2D eigenvalue weighted by Crippen LogP contribution is 2.11. The van der Waals surface area contributed by atoms with Crippen LogP contribution in [0.4, 0.5) is 0 Å². The van der Waals surface area contributed by atoms with Crippen LogP contribution in [0.25, 0.3) is 0 Å². The average Bonchev–Trinajstić information content (AvgIpc) is 2.03. The Balaban J connectivity index is 2.25. The Morgan fingerprint density at radius 3 is 3.00 bits per heavy atom. The van der Waals surface area contributed by atoms with Crippen LogP contribution < -0.4 is 0 Å². The first-order valence-electron chi connectivity index (χ1n) is 3.59. The van der Waals surface area contributed by atoms with Gasteiger partial charge in [-0.2, -0.15) is 0 Å². The van der Waals surface area contributed by atoms with Crippen LogP contribution in [0, 0.1) is 11.8 Å². The summed E-state index contributed by atoms with van der Waals surface area (Å²) in [4.78, 5) is 0. The Bertz CT molecular complexity index is 139. The van der Waals surface area contributed by atoms with Crippen molar-refractivity contribution in [3.63, 3.8) is 0 Å². The third kappa shape index (κ3) is 2.60. The van der Waals surface area contributed by atoms with E-state index in [0.717, 1.165) is 13.0 Å². The lowest BCUT2D eigenvalue weighted by atomic mass is 10.1. The van der Waals surface area contributed by atoms with Crippen molar-refractivity contribution in [1.82, 2.24) is 0 Å². The fraction of sp³-hybridized carbons (Fsp3) is 0.750. The van der Waals surface area contributed by atoms with E-state index in [4.69, 9.17) is 16.3 Å². The molecule has 0 bridgehead atoms. The highest BCUT2D eigenvalue weighted by molar-refractivity contribution is 6.19. The minimum Gasteiger partial charge on any atom is -0.366 e. The molecule has 0 aromatic carbocycles. The molecule has 1 heterocycles. The third-order valence-corrected chi connectivity index (χ3v) is 1.64. The van der Waals surface area contributed by atoms with Crippen molar-refractivity contribution in [3.8, 4) is 11.8 Å². The molecule has 1 unspecified atom stereocenters. The van der Waals surface area contributed by atoms with Crippen molar-refractivity contribution in [2.45, 2.75) is 25.4 Å². The molecule has 1 rings (SSSR count). The molecule has 0 saturated carbocycles. The van der Waals surface area contributed by atoms with Gasteiger partial charge in [-0.1, -0.05) is 11.8 Å². The van der Waals surface area contributed by atoms with Gasteiger partial charge in [-0.25, -0.2) is 0 Å². The van der Waals surface area contributed by atoms with Gasteiger partial charge in [0.05, 0.1) is 5.88 Å². The first-order chi connectivity index (χ1) is 4.93. The smallest absolute Gasteiger partial charge is 0.118 e. The molecule has 1 atom stereocenters. The topological polar surface area (TPSA) is 9.23 Å². The zero-order chi connectivity index (χ0) is 7.23. The van der Waals surface area contributed by atoms with Crippen molar-refractivity contribution >= 4 is 11.6 Å². The third-order valence-electron chi connectivity index (χ3n) is 1.51. The SMILES string of the molecule is ClCC#CC1CCCCO1. The van der Waals surface area contributed by atoms with Crippen LogP contribution in [-0.2, 0) is 4.74 Å². The summed E-state index contributed by atoms with van der Waals surface area (Å²) >= 11 is 5.39. The summed E-state index contributed by atoms with van der Waals surface area (Å²) in [5, 5.41) is 0. The molecule has 0 aliphatic carbocycles.